The minimum absolute atomic E-state index is 0.467. The minimum Gasteiger partial charge on any atom is -0.462 e. The van der Waals surface area contributed by atoms with Crippen molar-refractivity contribution in [1.29, 1.82) is 0 Å². The van der Waals surface area contributed by atoms with Crippen LogP contribution in [0.2, 0.25) is 0 Å². The zero-order valence-corrected chi connectivity index (χ0v) is 11.0. The maximum atomic E-state index is 11.7. The Kier molecular flexibility index (Phi) is 2.71. The Morgan fingerprint density at radius 3 is 2.69 bits per heavy atom. The summed E-state index contributed by atoms with van der Waals surface area (Å²) in [5.41, 5.74) is 0.538. The molecule has 0 spiro atoms. The van der Waals surface area contributed by atoms with Crippen LogP contribution in [-0.4, -0.2) is 20.9 Å². The van der Waals surface area contributed by atoms with Gasteiger partial charge in [-0.15, -0.1) is 0 Å². The van der Waals surface area contributed by atoms with Gasteiger partial charge in [0.25, 0.3) is 0 Å². The normalized spacial score (nSPS) is 19.1. The smallest absolute Gasteiger partial charge is 0.235 e. The third-order valence-electron chi connectivity index (χ3n) is 2.18. The van der Waals surface area contributed by atoms with Gasteiger partial charge in [-0.1, -0.05) is 34.6 Å². The quantitative estimate of drug-likeness (QED) is 0.840. The van der Waals surface area contributed by atoms with Gasteiger partial charge in [0.15, 0.2) is 0 Å². The first-order valence-corrected chi connectivity index (χ1v) is 7.15. The van der Waals surface area contributed by atoms with Gasteiger partial charge in [-0.2, -0.15) is 0 Å². The van der Waals surface area contributed by atoms with Crippen molar-refractivity contribution in [2.24, 2.45) is 0 Å². The number of benzene rings is 1. The first-order valence-electron chi connectivity index (χ1n) is 4.50. The number of sulfonamides is 1. The lowest BCUT2D eigenvalue weighted by atomic mass is 10.3. The molecule has 86 valence electrons. The second kappa shape index (κ2) is 3.78. The average molecular weight is 304 g/mol. The van der Waals surface area contributed by atoms with Gasteiger partial charge in [-0.25, -0.2) is 12.7 Å². The van der Waals surface area contributed by atoms with Crippen molar-refractivity contribution in [1.82, 2.24) is 0 Å². The first kappa shape index (κ1) is 11.5. The van der Waals surface area contributed by atoms with Crippen LogP contribution in [0.15, 0.2) is 35.3 Å². The SMILES string of the molecule is C=C(Br)C1Oc2ccccc2N1S(C)(=O)=O. The largest absolute Gasteiger partial charge is 0.462 e. The van der Waals surface area contributed by atoms with Crippen LogP contribution in [0.4, 0.5) is 5.69 Å². The molecule has 0 saturated heterocycles. The van der Waals surface area contributed by atoms with Gasteiger partial charge in [0.2, 0.25) is 16.3 Å². The summed E-state index contributed by atoms with van der Waals surface area (Å²) in [5, 5.41) is 0. The summed E-state index contributed by atoms with van der Waals surface area (Å²) in [6.07, 6.45) is 0.425. The Bertz CT molecular complexity index is 541. The fraction of sp³-hybridized carbons (Fsp3) is 0.200. The van der Waals surface area contributed by atoms with E-state index in [1.54, 1.807) is 24.3 Å². The van der Waals surface area contributed by atoms with Gasteiger partial charge < -0.3 is 4.74 Å². The number of anilines is 1. The van der Waals surface area contributed by atoms with Crippen molar-refractivity contribution in [3.8, 4) is 5.75 Å². The summed E-state index contributed by atoms with van der Waals surface area (Å²) in [6, 6.07) is 6.98. The lowest BCUT2D eigenvalue weighted by molar-refractivity contribution is 0.286. The molecule has 2 rings (SSSR count). The highest BCUT2D eigenvalue weighted by atomic mass is 79.9. The van der Waals surface area contributed by atoms with E-state index in [0.717, 1.165) is 6.26 Å². The summed E-state index contributed by atoms with van der Waals surface area (Å²) >= 11 is 3.17. The Balaban J connectivity index is 2.57. The maximum absolute atomic E-state index is 11.7. The fourth-order valence-electron chi connectivity index (χ4n) is 1.58. The molecule has 0 aliphatic carbocycles. The topological polar surface area (TPSA) is 46.6 Å². The highest BCUT2D eigenvalue weighted by Crippen LogP contribution is 2.41. The van der Waals surface area contributed by atoms with Crippen LogP contribution < -0.4 is 9.04 Å². The fourth-order valence-corrected chi connectivity index (χ4v) is 3.04. The van der Waals surface area contributed by atoms with Crippen molar-refractivity contribution in [3.63, 3.8) is 0 Å². The Morgan fingerprint density at radius 1 is 1.50 bits per heavy atom. The van der Waals surface area contributed by atoms with Crippen LogP contribution >= 0.6 is 15.9 Å². The lowest BCUT2D eigenvalue weighted by Gasteiger charge is -2.21. The zero-order valence-electron chi connectivity index (χ0n) is 8.55. The molecule has 0 fully saturated rings. The molecular formula is C10H10BrNO3S. The molecule has 6 heteroatoms. The molecule has 16 heavy (non-hydrogen) atoms. The van der Waals surface area contributed by atoms with E-state index >= 15 is 0 Å². The number of rotatable bonds is 2. The number of nitrogens with zero attached hydrogens (tertiary/aromatic N) is 1. The molecule has 1 heterocycles. The van der Waals surface area contributed by atoms with Crippen LogP contribution in [0, 0.1) is 0 Å². The van der Waals surface area contributed by atoms with Crippen LogP contribution in [0.25, 0.3) is 0 Å². The van der Waals surface area contributed by atoms with E-state index < -0.39 is 16.3 Å². The number of ether oxygens (including phenoxy) is 1. The number of halogens is 1. The molecule has 0 saturated carbocycles. The van der Waals surface area contributed by atoms with Crippen molar-refractivity contribution < 1.29 is 13.2 Å². The molecule has 1 atom stereocenters. The second-order valence-electron chi connectivity index (χ2n) is 3.44. The third-order valence-corrected chi connectivity index (χ3v) is 3.67. The molecule has 0 bridgehead atoms. The molecule has 0 N–H and O–H groups in total. The van der Waals surface area contributed by atoms with E-state index in [1.807, 2.05) is 0 Å². The Hall–Kier alpha value is -1.01. The van der Waals surface area contributed by atoms with Gasteiger partial charge in [-0.05, 0) is 12.1 Å². The van der Waals surface area contributed by atoms with Crippen molar-refractivity contribution >= 4 is 31.6 Å². The van der Waals surface area contributed by atoms with E-state index in [1.165, 1.54) is 4.31 Å². The standard InChI is InChI=1S/C10H10BrNO3S/c1-7(11)10-12(16(2,13)14)8-5-3-4-6-9(8)15-10/h3-6,10H,1H2,2H3. The van der Waals surface area contributed by atoms with E-state index in [-0.39, 0.29) is 0 Å². The third kappa shape index (κ3) is 1.82. The molecule has 0 amide bonds. The number of hydrogen-bond donors (Lipinski definition) is 0. The lowest BCUT2D eigenvalue weighted by Crippen LogP contribution is -2.38. The van der Waals surface area contributed by atoms with Crippen molar-refractivity contribution in [2.75, 3.05) is 10.6 Å². The van der Waals surface area contributed by atoms with E-state index in [0.29, 0.717) is 15.9 Å². The van der Waals surface area contributed by atoms with Crippen LogP contribution in [-0.2, 0) is 10.0 Å². The Morgan fingerprint density at radius 2 is 2.12 bits per heavy atom. The van der Waals surface area contributed by atoms with Gasteiger partial charge in [0, 0.05) is 0 Å². The second-order valence-corrected chi connectivity index (χ2v) is 6.32. The highest BCUT2D eigenvalue weighted by Gasteiger charge is 2.37. The first-order chi connectivity index (χ1) is 7.41. The van der Waals surface area contributed by atoms with Crippen LogP contribution in [0.1, 0.15) is 0 Å². The van der Waals surface area contributed by atoms with Crippen LogP contribution in [0.3, 0.4) is 0 Å². The van der Waals surface area contributed by atoms with E-state index in [4.69, 9.17) is 4.74 Å². The van der Waals surface area contributed by atoms with Gasteiger partial charge in [-0.3, -0.25) is 0 Å². The molecule has 0 radical (unpaired) electrons. The monoisotopic (exact) mass is 303 g/mol. The zero-order chi connectivity index (χ0) is 11.9. The molecular weight excluding hydrogens is 294 g/mol. The molecule has 1 unspecified atom stereocenters. The van der Waals surface area contributed by atoms with E-state index in [9.17, 15) is 8.42 Å². The molecule has 4 nitrogen and oxygen atoms in total. The number of para-hydroxylation sites is 2. The molecule has 1 aromatic rings. The summed E-state index contributed by atoms with van der Waals surface area (Å²) in [4.78, 5) is 0. The molecule has 0 aromatic heterocycles. The van der Waals surface area contributed by atoms with Crippen molar-refractivity contribution in [2.45, 2.75) is 6.23 Å². The molecule has 1 aliphatic heterocycles. The summed E-state index contributed by atoms with van der Waals surface area (Å²) < 4.78 is 30.6. The van der Waals surface area contributed by atoms with E-state index in [2.05, 4.69) is 22.5 Å². The summed E-state index contributed by atoms with van der Waals surface area (Å²) in [7, 11) is -3.39. The minimum atomic E-state index is -3.39. The number of fused-ring (bicyclic) bond motifs is 1. The predicted octanol–water partition coefficient (Wildman–Crippen LogP) is 2.08. The van der Waals surface area contributed by atoms with Crippen molar-refractivity contribution in [3.05, 3.63) is 35.3 Å². The molecule has 1 aromatic carbocycles. The number of hydrogen-bond acceptors (Lipinski definition) is 3. The molecule has 1 aliphatic rings. The average Bonchev–Trinajstić information content (AvgIpc) is 2.55. The van der Waals surface area contributed by atoms with Gasteiger partial charge in [0.1, 0.15) is 5.75 Å². The van der Waals surface area contributed by atoms with Crippen LogP contribution in [0.5, 0.6) is 5.75 Å². The predicted molar refractivity (Wildman–Crippen MR) is 66.2 cm³/mol. The summed E-state index contributed by atoms with van der Waals surface area (Å²) in [5.74, 6) is 0.540. The maximum Gasteiger partial charge on any atom is 0.235 e. The highest BCUT2D eigenvalue weighted by molar-refractivity contribution is 9.11. The van der Waals surface area contributed by atoms with Gasteiger partial charge in [0.05, 0.1) is 16.4 Å². The summed E-state index contributed by atoms with van der Waals surface area (Å²) in [6.45, 7) is 3.67. The Labute approximate surface area is 103 Å². The van der Waals surface area contributed by atoms with Gasteiger partial charge >= 0.3 is 0 Å².